The van der Waals surface area contributed by atoms with Crippen molar-refractivity contribution >= 4 is 22.4 Å². The van der Waals surface area contributed by atoms with E-state index in [2.05, 4.69) is 41.0 Å². The fourth-order valence-corrected chi connectivity index (χ4v) is 1.16. The van der Waals surface area contributed by atoms with Gasteiger partial charge in [-0.15, -0.1) is 0 Å². The van der Waals surface area contributed by atoms with Gasteiger partial charge in [0.15, 0.2) is 0 Å². The zero-order chi connectivity index (χ0) is 15.0. The SMILES string of the molecule is C=COC(N)=O.C=COC(N)=O.CCCC(O)[SiH3]. The van der Waals surface area contributed by atoms with Crippen molar-refractivity contribution in [1.29, 1.82) is 0 Å². The van der Waals surface area contributed by atoms with E-state index in [0.29, 0.717) is 0 Å². The minimum Gasteiger partial charge on any atom is -0.419 e. The van der Waals surface area contributed by atoms with Crippen LogP contribution in [-0.4, -0.2) is 33.3 Å². The molecule has 0 aromatic heterocycles. The molecule has 0 aliphatic carbocycles. The van der Waals surface area contributed by atoms with Gasteiger partial charge in [-0.1, -0.05) is 26.5 Å². The van der Waals surface area contributed by atoms with E-state index >= 15 is 0 Å². The molecule has 0 fully saturated rings. The predicted octanol–water partition coefficient (Wildman–Crippen LogP) is -0.0793. The van der Waals surface area contributed by atoms with Crippen LogP contribution < -0.4 is 11.5 Å². The summed E-state index contributed by atoms with van der Waals surface area (Å²) in [5.41, 5.74) is 8.98. The van der Waals surface area contributed by atoms with Crippen LogP contribution >= 0.6 is 0 Å². The molecule has 0 aromatic carbocycles. The first-order chi connectivity index (χ1) is 8.31. The summed E-state index contributed by atoms with van der Waals surface area (Å²) < 4.78 is 7.89. The van der Waals surface area contributed by atoms with E-state index in [1.54, 1.807) is 0 Å². The van der Waals surface area contributed by atoms with E-state index in [1.807, 2.05) is 0 Å². The zero-order valence-corrected chi connectivity index (χ0v) is 12.8. The van der Waals surface area contributed by atoms with Gasteiger partial charge in [-0.05, 0) is 6.42 Å². The Morgan fingerprint density at radius 1 is 1.28 bits per heavy atom. The Balaban J connectivity index is -0.000000187. The molecule has 0 aliphatic rings. The van der Waals surface area contributed by atoms with Gasteiger partial charge in [0, 0.05) is 16.0 Å². The lowest BCUT2D eigenvalue weighted by molar-refractivity contribution is 0.195. The van der Waals surface area contributed by atoms with Gasteiger partial charge in [0.1, 0.15) is 0 Å². The number of carbonyl (C=O) groups is 2. The van der Waals surface area contributed by atoms with Crippen molar-refractivity contribution in [2.24, 2.45) is 11.5 Å². The highest BCUT2D eigenvalue weighted by molar-refractivity contribution is 6.10. The fourth-order valence-electron chi connectivity index (χ4n) is 0.582. The molecule has 1 unspecified atom stereocenters. The normalized spacial score (nSPS) is 9.44. The summed E-state index contributed by atoms with van der Waals surface area (Å²) in [7, 11) is 0.934. The van der Waals surface area contributed by atoms with Crippen LogP contribution in [0.5, 0.6) is 0 Å². The van der Waals surface area contributed by atoms with Gasteiger partial charge in [0.25, 0.3) is 0 Å². The number of rotatable bonds is 4. The molecular formula is C10H22N2O5Si. The maximum Gasteiger partial charge on any atom is 0.409 e. The second kappa shape index (κ2) is 17.6. The summed E-state index contributed by atoms with van der Waals surface area (Å²) in [5, 5.41) is 8.61. The smallest absolute Gasteiger partial charge is 0.409 e. The molecule has 0 bridgehead atoms. The van der Waals surface area contributed by atoms with Gasteiger partial charge in [0.2, 0.25) is 0 Å². The Bertz CT molecular complexity index is 226. The molecule has 0 saturated carbocycles. The van der Waals surface area contributed by atoms with E-state index < -0.39 is 12.2 Å². The van der Waals surface area contributed by atoms with Crippen molar-refractivity contribution in [3.63, 3.8) is 0 Å². The molecule has 7 nitrogen and oxygen atoms in total. The number of aliphatic hydroxyl groups excluding tert-OH is 1. The first-order valence-electron chi connectivity index (χ1n) is 5.13. The molecular weight excluding hydrogens is 256 g/mol. The van der Waals surface area contributed by atoms with E-state index in [-0.39, 0.29) is 5.73 Å². The third kappa shape index (κ3) is 47.7. The highest BCUT2D eigenvalue weighted by atomic mass is 28.1. The molecule has 0 rings (SSSR count). The van der Waals surface area contributed by atoms with Crippen LogP contribution in [0.25, 0.3) is 0 Å². The number of carbonyl (C=O) groups excluding carboxylic acids is 2. The Labute approximate surface area is 110 Å². The van der Waals surface area contributed by atoms with Crippen molar-refractivity contribution in [1.82, 2.24) is 0 Å². The molecule has 18 heavy (non-hydrogen) atoms. The van der Waals surface area contributed by atoms with Crippen LogP contribution in [0.1, 0.15) is 19.8 Å². The molecule has 5 N–H and O–H groups in total. The molecule has 106 valence electrons. The van der Waals surface area contributed by atoms with Gasteiger partial charge in [-0.3, -0.25) is 0 Å². The van der Waals surface area contributed by atoms with Crippen LogP contribution in [0.15, 0.2) is 25.7 Å². The molecule has 2 amide bonds. The van der Waals surface area contributed by atoms with Gasteiger partial charge < -0.3 is 26.0 Å². The summed E-state index contributed by atoms with van der Waals surface area (Å²) in [4.78, 5) is 19.1. The number of amides is 2. The molecule has 0 aliphatic heterocycles. The van der Waals surface area contributed by atoms with E-state index in [0.717, 1.165) is 35.6 Å². The fraction of sp³-hybridized carbons (Fsp3) is 0.400. The first kappa shape index (κ1) is 21.5. The summed E-state index contributed by atoms with van der Waals surface area (Å²) in [6.45, 7) is 8.24. The largest absolute Gasteiger partial charge is 0.419 e. The maximum atomic E-state index is 9.53. The quantitative estimate of drug-likeness (QED) is 0.490. The van der Waals surface area contributed by atoms with Crippen LogP contribution in [-0.2, 0) is 9.47 Å². The van der Waals surface area contributed by atoms with Gasteiger partial charge in [-0.25, -0.2) is 9.59 Å². The van der Waals surface area contributed by atoms with Gasteiger partial charge in [0.05, 0.1) is 12.5 Å². The van der Waals surface area contributed by atoms with E-state index in [9.17, 15) is 9.59 Å². The van der Waals surface area contributed by atoms with Crippen molar-refractivity contribution in [2.45, 2.75) is 25.5 Å². The Morgan fingerprint density at radius 3 is 1.61 bits per heavy atom. The lowest BCUT2D eigenvalue weighted by Crippen LogP contribution is -2.08. The first-order valence-corrected chi connectivity index (χ1v) is 6.29. The number of nitrogens with two attached hydrogens (primary N) is 2. The minimum atomic E-state index is -0.829. The highest BCUT2D eigenvalue weighted by Crippen LogP contribution is 1.87. The Kier molecular flexibility index (Phi) is 21.0. The number of aliphatic hydroxyl groups is 1. The predicted molar refractivity (Wildman–Crippen MR) is 72.6 cm³/mol. The number of hydrogen-bond acceptors (Lipinski definition) is 5. The number of hydrogen-bond donors (Lipinski definition) is 3. The molecule has 0 radical (unpaired) electrons. The lowest BCUT2D eigenvalue weighted by Gasteiger charge is -1.95. The molecule has 0 aromatic rings. The van der Waals surface area contributed by atoms with Gasteiger partial charge >= 0.3 is 12.2 Å². The monoisotopic (exact) mass is 278 g/mol. The van der Waals surface area contributed by atoms with Crippen LogP contribution in [0.2, 0.25) is 0 Å². The van der Waals surface area contributed by atoms with E-state index in [4.69, 9.17) is 5.11 Å². The third-order valence-electron chi connectivity index (χ3n) is 1.11. The average molecular weight is 278 g/mol. The second-order valence-corrected chi connectivity index (χ2v) is 4.18. The topological polar surface area (TPSA) is 125 Å². The second-order valence-electron chi connectivity index (χ2n) is 2.84. The standard InChI is InChI=1S/C4H12OSi.2C3H5NO2/c1-2-3-4(5)6;2*1-2-6-3(4)5/h4-5H,2-3H2,1,6H3;2*2H,1H2,(H2,4,5). The average Bonchev–Trinajstić information content (AvgIpc) is 2.18. The van der Waals surface area contributed by atoms with Crippen LogP contribution in [0.3, 0.4) is 0 Å². The Morgan fingerprint density at radius 2 is 1.61 bits per heavy atom. The van der Waals surface area contributed by atoms with Crippen molar-refractivity contribution in [3.8, 4) is 0 Å². The summed E-state index contributed by atoms with van der Waals surface area (Å²) in [6.07, 6.45) is 2.40. The minimum absolute atomic E-state index is 0.0370. The van der Waals surface area contributed by atoms with Crippen molar-refractivity contribution in [2.75, 3.05) is 0 Å². The molecule has 0 saturated heterocycles. The number of primary amides is 2. The third-order valence-corrected chi connectivity index (χ3v) is 1.68. The van der Waals surface area contributed by atoms with Gasteiger partial charge in [-0.2, -0.15) is 0 Å². The molecule has 1 atom stereocenters. The number of ether oxygens (including phenoxy) is 2. The van der Waals surface area contributed by atoms with Crippen molar-refractivity contribution < 1.29 is 24.2 Å². The molecule has 0 spiro atoms. The summed E-state index contributed by atoms with van der Waals surface area (Å²) in [5.74, 6) is 0. The maximum absolute atomic E-state index is 9.53. The summed E-state index contributed by atoms with van der Waals surface area (Å²) >= 11 is 0. The zero-order valence-electron chi connectivity index (χ0n) is 10.8. The Hall–Kier alpha value is -1.80. The van der Waals surface area contributed by atoms with Crippen molar-refractivity contribution in [3.05, 3.63) is 25.7 Å². The van der Waals surface area contributed by atoms with Crippen LogP contribution in [0, 0.1) is 0 Å². The molecule has 0 heterocycles. The summed E-state index contributed by atoms with van der Waals surface area (Å²) in [6, 6.07) is 0. The lowest BCUT2D eigenvalue weighted by atomic mass is 10.4. The highest BCUT2D eigenvalue weighted by Gasteiger charge is 1.87. The molecule has 8 heteroatoms. The van der Waals surface area contributed by atoms with Crippen LogP contribution in [0.4, 0.5) is 9.59 Å². The van der Waals surface area contributed by atoms with E-state index in [1.165, 1.54) is 0 Å².